The molecule has 138 valence electrons. The summed E-state index contributed by atoms with van der Waals surface area (Å²) in [6.07, 6.45) is 0.00130. The second-order valence-electron chi connectivity index (χ2n) is 6.10. The standard InChI is InChI=1S/C21H18FNO3S/c1-14-2-4-16(5-3-14)21-23-18(13-27-21)12-26-20(25)11-10-19(24)15-6-8-17(22)9-7-15/h2-9,13H,10-12H2,1H3. The van der Waals surface area contributed by atoms with E-state index in [2.05, 4.69) is 4.98 Å². The van der Waals surface area contributed by atoms with Gasteiger partial charge in [-0.1, -0.05) is 29.8 Å². The Morgan fingerprint density at radius 3 is 2.44 bits per heavy atom. The number of nitrogens with zero attached hydrogens (tertiary/aromatic N) is 1. The van der Waals surface area contributed by atoms with Crippen LogP contribution in [0.3, 0.4) is 0 Å². The van der Waals surface area contributed by atoms with Crippen molar-refractivity contribution in [3.8, 4) is 10.6 Å². The molecule has 6 heteroatoms. The van der Waals surface area contributed by atoms with Crippen molar-refractivity contribution in [3.63, 3.8) is 0 Å². The highest BCUT2D eigenvalue weighted by atomic mass is 32.1. The topological polar surface area (TPSA) is 56.3 Å². The molecular formula is C21H18FNO3S. The molecule has 0 atom stereocenters. The van der Waals surface area contributed by atoms with Gasteiger partial charge in [0, 0.05) is 22.9 Å². The van der Waals surface area contributed by atoms with Crippen LogP contribution in [-0.2, 0) is 16.1 Å². The van der Waals surface area contributed by atoms with Gasteiger partial charge in [-0.25, -0.2) is 9.37 Å². The van der Waals surface area contributed by atoms with Crippen molar-refractivity contribution in [2.45, 2.75) is 26.4 Å². The molecule has 27 heavy (non-hydrogen) atoms. The van der Waals surface area contributed by atoms with E-state index in [-0.39, 0.29) is 25.2 Å². The first-order valence-electron chi connectivity index (χ1n) is 8.47. The predicted octanol–water partition coefficient (Wildman–Crippen LogP) is 4.96. The number of carbonyl (C=O) groups excluding carboxylic acids is 2. The number of aryl methyl sites for hydroxylation is 1. The Kier molecular flexibility index (Phi) is 6.08. The lowest BCUT2D eigenvalue weighted by atomic mass is 10.1. The Bertz CT molecular complexity index is 933. The van der Waals surface area contributed by atoms with Gasteiger partial charge in [0.05, 0.1) is 12.1 Å². The molecule has 1 heterocycles. The Morgan fingerprint density at radius 2 is 1.74 bits per heavy atom. The summed E-state index contributed by atoms with van der Waals surface area (Å²) >= 11 is 1.49. The normalized spacial score (nSPS) is 10.6. The Balaban J connectivity index is 1.47. The Labute approximate surface area is 160 Å². The van der Waals surface area contributed by atoms with E-state index in [4.69, 9.17) is 4.74 Å². The largest absolute Gasteiger partial charge is 0.459 e. The van der Waals surface area contributed by atoms with Crippen LogP contribution in [-0.4, -0.2) is 16.7 Å². The summed E-state index contributed by atoms with van der Waals surface area (Å²) in [5.41, 5.74) is 3.26. The van der Waals surface area contributed by atoms with Crippen LogP contribution in [0.4, 0.5) is 4.39 Å². The zero-order valence-electron chi connectivity index (χ0n) is 14.8. The highest BCUT2D eigenvalue weighted by molar-refractivity contribution is 7.13. The monoisotopic (exact) mass is 383 g/mol. The van der Waals surface area contributed by atoms with E-state index in [9.17, 15) is 14.0 Å². The third-order valence-corrected chi connectivity index (χ3v) is 4.89. The number of esters is 1. The van der Waals surface area contributed by atoms with Gasteiger partial charge in [0.2, 0.25) is 0 Å². The molecule has 0 unspecified atom stereocenters. The molecular weight excluding hydrogens is 365 g/mol. The number of hydrogen-bond donors (Lipinski definition) is 0. The zero-order chi connectivity index (χ0) is 19.2. The highest BCUT2D eigenvalue weighted by Gasteiger charge is 2.12. The van der Waals surface area contributed by atoms with E-state index >= 15 is 0 Å². The molecule has 0 spiro atoms. The molecule has 2 aromatic carbocycles. The van der Waals surface area contributed by atoms with Crippen LogP contribution in [0.2, 0.25) is 0 Å². The first-order valence-corrected chi connectivity index (χ1v) is 9.35. The summed E-state index contributed by atoms with van der Waals surface area (Å²) in [5, 5.41) is 2.72. The van der Waals surface area contributed by atoms with Gasteiger partial charge in [-0.3, -0.25) is 9.59 Å². The number of aromatic nitrogens is 1. The third-order valence-electron chi connectivity index (χ3n) is 3.95. The van der Waals surface area contributed by atoms with E-state index in [0.29, 0.717) is 11.3 Å². The molecule has 0 saturated carbocycles. The number of carbonyl (C=O) groups is 2. The van der Waals surface area contributed by atoms with Crippen molar-refractivity contribution >= 4 is 23.1 Å². The smallest absolute Gasteiger partial charge is 0.306 e. The van der Waals surface area contributed by atoms with Gasteiger partial charge in [0.1, 0.15) is 17.4 Å². The van der Waals surface area contributed by atoms with Crippen molar-refractivity contribution in [3.05, 3.63) is 76.5 Å². The van der Waals surface area contributed by atoms with Gasteiger partial charge < -0.3 is 4.74 Å². The molecule has 0 fully saturated rings. The fourth-order valence-corrected chi connectivity index (χ4v) is 3.23. The molecule has 1 aromatic heterocycles. The van der Waals surface area contributed by atoms with Gasteiger partial charge >= 0.3 is 5.97 Å². The van der Waals surface area contributed by atoms with Crippen LogP contribution in [0.5, 0.6) is 0 Å². The molecule has 4 nitrogen and oxygen atoms in total. The predicted molar refractivity (Wildman–Crippen MR) is 102 cm³/mol. The number of hydrogen-bond acceptors (Lipinski definition) is 5. The molecule has 3 aromatic rings. The van der Waals surface area contributed by atoms with Gasteiger partial charge in [0.15, 0.2) is 5.78 Å². The lowest BCUT2D eigenvalue weighted by Crippen LogP contribution is -2.08. The van der Waals surface area contributed by atoms with Crippen molar-refractivity contribution in [1.29, 1.82) is 0 Å². The highest BCUT2D eigenvalue weighted by Crippen LogP contribution is 2.24. The SMILES string of the molecule is Cc1ccc(-c2nc(COC(=O)CCC(=O)c3ccc(F)cc3)cs2)cc1. The lowest BCUT2D eigenvalue weighted by Gasteiger charge is -2.03. The lowest BCUT2D eigenvalue weighted by molar-refractivity contribution is -0.145. The van der Waals surface area contributed by atoms with Crippen LogP contribution in [0.15, 0.2) is 53.9 Å². The summed E-state index contributed by atoms with van der Waals surface area (Å²) < 4.78 is 18.1. The molecule has 3 rings (SSSR count). The summed E-state index contributed by atoms with van der Waals surface area (Å²) in [5.74, 6) is -1.09. The molecule has 0 aliphatic carbocycles. The number of ether oxygens (including phenoxy) is 1. The maximum Gasteiger partial charge on any atom is 0.306 e. The van der Waals surface area contributed by atoms with Crippen molar-refractivity contribution in [2.24, 2.45) is 0 Å². The molecule has 0 aliphatic rings. The van der Waals surface area contributed by atoms with Gasteiger partial charge in [-0.2, -0.15) is 0 Å². The van der Waals surface area contributed by atoms with E-state index < -0.39 is 11.8 Å². The molecule has 0 radical (unpaired) electrons. The minimum atomic E-state index is -0.463. The van der Waals surface area contributed by atoms with E-state index in [1.54, 1.807) is 0 Å². The van der Waals surface area contributed by atoms with Gasteiger partial charge in [-0.15, -0.1) is 11.3 Å². The quantitative estimate of drug-likeness (QED) is 0.427. The summed E-state index contributed by atoms with van der Waals surface area (Å²) in [6, 6.07) is 13.3. The second kappa shape index (κ2) is 8.68. The van der Waals surface area contributed by atoms with Crippen LogP contribution in [0.25, 0.3) is 10.6 Å². The number of thiazole rings is 1. The Hall–Kier alpha value is -2.86. The van der Waals surface area contributed by atoms with Crippen LogP contribution in [0, 0.1) is 12.7 Å². The minimum Gasteiger partial charge on any atom is -0.459 e. The summed E-state index contributed by atoms with van der Waals surface area (Å²) in [7, 11) is 0. The van der Waals surface area contributed by atoms with E-state index in [1.165, 1.54) is 41.2 Å². The molecule has 0 aliphatic heterocycles. The number of rotatable bonds is 7. The summed E-state index contributed by atoms with van der Waals surface area (Å²) in [6.45, 7) is 2.10. The number of ketones is 1. The fourth-order valence-electron chi connectivity index (χ4n) is 2.42. The van der Waals surface area contributed by atoms with E-state index in [0.717, 1.165) is 10.6 Å². The number of Topliss-reactive ketones (excluding diaryl/α,β-unsaturated/α-hetero) is 1. The minimum absolute atomic E-state index is 0.0227. The fraction of sp³-hybridized carbons (Fsp3) is 0.190. The van der Waals surface area contributed by atoms with Crippen molar-refractivity contribution < 1.29 is 18.7 Å². The zero-order valence-corrected chi connectivity index (χ0v) is 15.6. The van der Waals surface area contributed by atoms with E-state index in [1.807, 2.05) is 36.6 Å². The molecule has 0 saturated heterocycles. The van der Waals surface area contributed by atoms with Crippen LogP contribution < -0.4 is 0 Å². The maximum absolute atomic E-state index is 12.9. The van der Waals surface area contributed by atoms with Crippen LogP contribution >= 0.6 is 11.3 Å². The molecule has 0 bridgehead atoms. The third kappa shape index (κ3) is 5.31. The van der Waals surface area contributed by atoms with Crippen LogP contribution in [0.1, 0.15) is 34.5 Å². The van der Waals surface area contributed by atoms with Gasteiger partial charge in [-0.05, 0) is 31.2 Å². The Morgan fingerprint density at radius 1 is 1.04 bits per heavy atom. The first kappa shape index (κ1) is 18.9. The molecule has 0 amide bonds. The summed E-state index contributed by atoms with van der Waals surface area (Å²) in [4.78, 5) is 28.3. The average molecular weight is 383 g/mol. The number of halogens is 1. The van der Waals surface area contributed by atoms with Crippen molar-refractivity contribution in [2.75, 3.05) is 0 Å². The van der Waals surface area contributed by atoms with Crippen molar-refractivity contribution in [1.82, 2.24) is 4.98 Å². The maximum atomic E-state index is 12.9. The van der Waals surface area contributed by atoms with Gasteiger partial charge in [0.25, 0.3) is 0 Å². The second-order valence-corrected chi connectivity index (χ2v) is 6.96. The number of benzene rings is 2. The molecule has 0 N–H and O–H groups in total. The average Bonchev–Trinajstić information content (AvgIpc) is 3.14. The first-order chi connectivity index (χ1) is 13.0.